The Morgan fingerprint density at radius 2 is 1.05 bits per heavy atom. The molecule has 3 aromatic heterocycles. The summed E-state index contributed by atoms with van der Waals surface area (Å²) in [5, 5.41) is 16.9. The summed E-state index contributed by atoms with van der Waals surface area (Å²) >= 11 is 1.86. The lowest BCUT2D eigenvalue weighted by Gasteiger charge is -2.13. The fraction of sp³-hybridized carbons (Fsp3) is 0. The van der Waals surface area contributed by atoms with Crippen molar-refractivity contribution >= 4 is 75.1 Å². The second-order valence-electron chi connectivity index (χ2n) is 10.5. The van der Waals surface area contributed by atoms with Gasteiger partial charge in [0, 0.05) is 53.1 Å². The van der Waals surface area contributed by atoms with Gasteiger partial charge in [-0.2, -0.15) is 5.26 Å². The zero-order valence-corrected chi connectivity index (χ0v) is 22.7. The minimum atomic E-state index is 0.673. The molecule has 0 aliphatic rings. The summed E-state index contributed by atoms with van der Waals surface area (Å²) in [6, 6.07) is 47.7. The molecule has 0 unspecified atom stereocenters. The molecule has 41 heavy (non-hydrogen) atoms. The number of nitrogens with zero attached hydrogens (tertiary/aromatic N) is 3. The average Bonchev–Trinajstić information content (AvgIpc) is 3.67. The fourth-order valence-electron chi connectivity index (χ4n) is 6.56. The van der Waals surface area contributed by atoms with Crippen LogP contribution in [-0.2, 0) is 0 Å². The standard InChI is InChI=1S/C37H21N3S/c38-22-23-16-17-34-29(18-23)26-10-1-4-13-32(26)39(34)24-8-7-9-25(19-24)40-33-14-5-2-11-27(33)30-21-37-31(20-35(30)40)28-12-3-6-15-36(28)41-37/h1-21H. The van der Waals surface area contributed by atoms with E-state index in [0.29, 0.717) is 5.56 Å². The number of nitriles is 1. The number of fused-ring (bicyclic) bond motifs is 9. The summed E-state index contributed by atoms with van der Waals surface area (Å²) in [5.74, 6) is 0. The Labute approximate surface area is 239 Å². The summed E-state index contributed by atoms with van der Waals surface area (Å²) < 4.78 is 7.35. The first-order valence-corrected chi connectivity index (χ1v) is 14.5. The maximum atomic E-state index is 9.56. The van der Waals surface area contributed by atoms with E-state index in [1.165, 1.54) is 42.0 Å². The molecule has 9 aromatic rings. The fourth-order valence-corrected chi connectivity index (χ4v) is 7.68. The van der Waals surface area contributed by atoms with Crippen LogP contribution in [0.15, 0.2) is 127 Å². The normalized spacial score (nSPS) is 11.9. The molecule has 0 bridgehead atoms. The van der Waals surface area contributed by atoms with Crippen molar-refractivity contribution < 1.29 is 0 Å². The SMILES string of the molecule is N#Cc1ccc2c(c1)c1ccccc1n2-c1cccc(-n2c3ccccc3c3cc4sc5ccccc5c4cc32)c1. The van der Waals surface area contributed by atoms with Gasteiger partial charge >= 0.3 is 0 Å². The van der Waals surface area contributed by atoms with Crippen molar-refractivity contribution in [2.24, 2.45) is 0 Å². The Kier molecular flexibility index (Phi) is 4.55. The van der Waals surface area contributed by atoms with Crippen LogP contribution in [0.3, 0.4) is 0 Å². The van der Waals surface area contributed by atoms with Gasteiger partial charge in [-0.15, -0.1) is 11.3 Å². The smallest absolute Gasteiger partial charge is 0.0991 e. The van der Waals surface area contributed by atoms with E-state index < -0.39 is 0 Å². The van der Waals surface area contributed by atoms with Crippen molar-refractivity contribution in [3.8, 4) is 17.4 Å². The molecular formula is C37H21N3S. The van der Waals surface area contributed by atoms with Crippen LogP contribution >= 0.6 is 11.3 Å². The van der Waals surface area contributed by atoms with Crippen LogP contribution in [0, 0.1) is 11.3 Å². The second kappa shape index (κ2) is 8.32. The van der Waals surface area contributed by atoms with Crippen LogP contribution < -0.4 is 0 Å². The van der Waals surface area contributed by atoms with Crippen molar-refractivity contribution in [2.75, 3.05) is 0 Å². The molecule has 4 heteroatoms. The van der Waals surface area contributed by atoms with E-state index >= 15 is 0 Å². The predicted octanol–water partition coefficient (Wildman–Crippen LogP) is 10.1. The van der Waals surface area contributed by atoms with Crippen LogP contribution in [0.1, 0.15) is 5.56 Å². The van der Waals surface area contributed by atoms with E-state index in [2.05, 4.69) is 130 Å². The molecule has 0 aliphatic heterocycles. The molecule has 0 radical (unpaired) electrons. The third-order valence-electron chi connectivity index (χ3n) is 8.32. The topological polar surface area (TPSA) is 33.6 Å². The summed E-state index contributed by atoms with van der Waals surface area (Å²) in [6.07, 6.45) is 0. The summed E-state index contributed by atoms with van der Waals surface area (Å²) in [5.41, 5.74) is 7.51. The minimum absolute atomic E-state index is 0.673. The molecule has 0 amide bonds. The van der Waals surface area contributed by atoms with Crippen molar-refractivity contribution in [3.05, 3.63) is 133 Å². The van der Waals surface area contributed by atoms with Crippen LogP contribution in [0.4, 0.5) is 0 Å². The number of thiophene rings is 1. The first-order valence-electron chi connectivity index (χ1n) is 13.7. The lowest BCUT2D eigenvalue weighted by atomic mass is 10.1. The number of benzene rings is 6. The quantitative estimate of drug-likeness (QED) is 0.215. The number of hydrogen-bond acceptors (Lipinski definition) is 2. The van der Waals surface area contributed by atoms with Gasteiger partial charge in [-0.25, -0.2) is 0 Å². The molecule has 190 valence electrons. The van der Waals surface area contributed by atoms with Gasteiger partial charge in [-0.05, 0) is 66.7 Å². The zero-order valence-electron chi connectivity index (χ0n) is 21.9. The second-order valence-corrected chi connectivity index (χ2v) is 11.6. The van der Waals surface area contributed by atoms with E-state index in [1.54, 1.807) is 0 Å². The molecule has 9 rings (SSSR count). The van der Waals surface area contributed by atoms with Gasteiger partial charge in [-0.1, -0.05) is 60.7 Å². The maximum Gasteiger partial charge on any atom is 0.0991 e. The molecule has 0 saturated heterocycles. The van der Waals surface area contributed by atoms with Gasteiger partial charge in [0.2, 0.25) is 0 Å². The Morgan fingerprint density at radius 1 is 0.439 bits per heavy atom. The van der Waals surface area contributed by atoms with E-state index in [0.717, 1.165) is 33.2 Å². The first kappa shape index (κ1) is 22.4. The van der Waals surface area contributed by atoms with Crippen LogP contribution in [0.5, 0.6) is 0 Å². The Bertz CT molecular complexity index is 2550. The Morgan fingerprint density at radius 3 is 1.78 bits per heavy atom. The molecular weight excluding hydrogens is 518 g/mol. The minimum Gasteiger partial charge on any atom is -0.309 e. The van der Waals surface area contributed by atoms with Crippen molar-refractivity contribution in [1.29, 1.82) is 5.26 Å². The van der Waals surface area contributed by atoms with Crippen LogP contribution in [-0.4, -0.2) is 9.13 Å². The highest BCUT2D eigenvalue weighted by Gasteiger charge is 2.17. The van der Waals surface area contributed by atoms with E-state index in [-0.39, 0.29) is 0 Å². The maximum absolute atomic E-state index is 9.56. The highest BCUT2D eigenvalue weighted by molar-refractivity contribution is 7.25. The molecule has 0 spiro atoms. The predicted molar refractivity (Wildman–Crippen MR) is 173 cm³/mol. The molecule has 0 fully saturated rings. The molecule has 0 N–H and O–H groups in total. The summed E-state index contributed by atoms with van der Waals surface area (Å²) in [7, 11) is 0. The monoisotopic (exact) mass is 539 g/mol. The Hall–Kier alpha value is -5.37. The first-order chi connectivity index (χ1) is 20.3. The van der Waals surface area contributed by atoms with Gasteiger partial charge < -0.3 is 9.13 Å². The van der Waals surface area contributed by atoms with Gasteiger partial charge in [0.05, 0.1) is 33.7 Å². The molecule has 0 aliphatic carbocycles. The lowest BCUT2D eigenvalue weighted by Crippen LogP contribution is -1.98. The number of aromatic nitrogens is 2. The van der Waals surface area contributed by atoms with Crippen molar-refractivity contribution in [1.82, 2.24) is 9.13 Å². The average molecular weight is 540 g/mol. The van der Waals surface area contributed by atoms with E-state index in [9.17, 15) is 5.26 Å². The van der Waals surface area contributed by atoms with Crippen LogP contribution in [0.2, 0.25) is 0 Å². The molecule has 6 aromatic carbocycles. The van der Waals surface area contributed by atoms with Gasteiger partial charge in [0.1, 0.15) is 0 Å². The van der Waals surface area contributed by atoms with Gasteiger partial charge in [-0.3, -0.25) is 0 Å². The summed E-state index contributed by atoms with van der Waals surface area (Å²) in [4.78, 5) is 0. The van der Waals surface area contributed by atoms with E-state index in [4.69, 9.17) is 0 Å². The van der Waals surface area contributed by atoms with E-state index in [1.807, 2.05) is 23.5 Å². The van der Waals surface area contributed by atoms with Crippen LogP contribution in [0.25, 0.3) is 75.2 Å². The number of hydrogen-bond donors (Lipinski definition) is 0. The lowest BCUT2D eigenvalue weighted by molar-refractivity contribution is 1.13. The molecule has 3 heterocycles. The third-order valence-corrected chi connectivity index (χ3v) is 9.45. The molecule has 0 atom stereocenters. The number of rotatable bonds is 2. The molecule has 3 nitrogen and oxygen atoms in total. The Balaban J connectivity index is 1.35. The highest BCUT2D eigenvalue weighted by Crippen LogP contribution is 2.41. The van der Waals surface area contributed by atoms with Crippen molar-refractivity contribution in [2.45, 2.75) is 0 Å². The largest absolute Gasteiger partial charge is 0.309 e. The third kappa shape index (κ3) is 3.12. The zero-order chi connectivity index (χ0) is 27.1. The number of para-hydroxylation sites is 2. The molecule has 0 saturated carbocycles. The van der Waals surface area contributed by atoms with Gasteiger partial charge in [0.25, 0.3) is 0 Å². The van der Waals surface area contributed by atoms with Gasteiger partial charge in [0.15, 0.2) is 0 Å². The highest BCUT2D eigenvalue weighted by atomic mass is 32.1. The van der Waals surface area contributed by atoms with Crippen molar-refractivity contribution in [3.63, 3.8) is 0 Å². The summed E-state index contributed by atoms with van der Waals surface area (Å²) in [6.45, 7) is 0.